The molecule has 0 fully saturated rings. The van der Waals surface area contributed by atoms with Gasteiger partial charge in [0.2, 0.25) is 17.7 Å². The van der Waals surface area contributed by atoms with E-state index in [2.05, 4.69) is 20.5 Å². The molecule has 0 aliphatic rings. The van der Waals surface area contributed by atoms with Crippen LogP contribution < -0.4 is 5.32 Å². The minimum Gasteiger partial charge on any atom is -0.293 e. The number of alkyl halides is 3. The lowest BCUT2D eigenvalue weighted by atomic mass is 10.1. The number of nitrogens with one attached hydrogen (secondary N) is 2. The largest absolute Gasteiger partial charge is 0.451 e. The fourth-order valence-corrected chi connectivity index (χ4v) is 2.34. The minimum atomic E-state index is -4.65. The molecule has 2 aromatic heterocycles. The van der Waals surface area contributed by atoms with Crippen LogP contribution in [0.2, 0.25) is 0 Å². The first-order valence-electron chi connectivity index (χ1n) is 7.41. The third kappa shape index (κ3) is 4.56. The molecule has 0 saturated heterocycles. The first-order chi connectivity index (χ1) is 11.7. The third-order valence-electron chi connectivity index (χ3n) is 3.57. The lowest BCUT2D eigenvalue weighted by molar-refractivity contribution is -0.144. The molecule has 134 valence electrons. The van der Waals surface area contributed by atoms with Crippen LogP contribution >= 0.6 is 0 Å². The van der Waals surface area contributed by atoms with Crippen molar-refractivity contribution >= 4 is 11.9 Å². The summed E-state index contributed by atoms with van der Waals surface area (Å²) in [6.07, 6.45) is -3.91. The number of aryl methyl sites for hydroxylation is 2. The molecule has 0 radical (unpaired) electrons. The van der Waals surface area contributed by atoms with Gasteiger partial charge in [-0.1, -0.05) is 0 Å². The van der Waals surface area contributed by atoms with Crippen molar-refractivity contribution in [3.63, 3.8) is 0 Å². The normalized spacial score (nSPS) is 11.4. The van der Waals surface area contributed by atoms with Crippen molar-refractivity contribution < 1.29 is 18.0 Å². The summed E-state index contributed by atoms with van der Waals surface area (Å²) >= 11 is 0. The third-order valence-corrected chi connectivity index (χ3v) is 3.57. The van der Waals surface area contributed by atoms with Crippen molar-refractivity contribution in [1.82, 2.24) is 25.0 Å². The zero-order valence-corrected chi connectivity index (χ0v) is 13.6. The second kappa shape index (κ2) is 7.33. The van der Waals surface area contributed by atoms with Gasteiger partial charge in [-0.15, -0.1) is 5.10 Å². The number of nitriles is 1. The maximum Gasteiger partial charge on any atom is 0.451 e. The summed E-state index contributed by atoms with van der Waals surface area (Å²) in [5.74, 6) is -2.19. The minimum absolute atomic E-state index is 0.0432. The van der Waals surface area contributed by atoms with Gasteiger partial charge in [-0.3, -0.25) is 19.9 Å². The Labute approximate surface area is 141 Å². The molecular weight excluding hydrogens is 339 g/mol. The average molecular weight is 355 g/mol. The van der Waals surface area contributed by atoms with E-state index in [0.29, 0.717) is 19.4 Å². The molecule has 0 bridgehead atoms. The lowest BCUT2D eigenvalue weighted by Crippen LogP contribution is -2.14. The molecule has 2 N–H and O–H groups in total. The average Bonchev–Trinajstić information content (AvgIpc) is 3.09. The molecule has 25 heavy (non-hydrogen) atoms. The van der Waals surface area contributed by atoms with Crippen LogP contribution in [0.15, 0.2) is 0 Å². The highest BCUT2D eigenvalue weighted by molar-refractivity contribution is 5.89. The van der Waals surface area contributed by atoms with Gasteiger partial charge in [0.05, 0.1) is 24.7 Å². The monoisotopic (exact) mass is 355 g/mol. The Morgan fingerprint density at radius 3 is 2.72 bits per heavy atom. The number of carbonyl (C=O) groups excluding carboxylic acids is 1. The molecule has 0 aliphatic carbocycles. The topological polar surface area (TPSA) is 112 Å². The Hall–Kier alpha value is -2.90. The van der Waals surface area contributed by atoms with Gasteiger partial charge in [-0.2, -0.15) is 28.5 Å². The van der Waals surface area contributed by atoms with E-state index < -0.39 is 23.9 Å². The van der Waals surface area contributed by atoms with E-state index in [1.807, 2.05) is 13.0 Å². The van der Waals surface area contributed by atoms with Crippen LogP contribution in [-0.4, -0.2) is 30.9 Å². The molecule has 0 atom stereocenters. The molecule has 0 aromatic carbocycles. The number of amides is 1. The zero-order valence-electron chi connectivity index (χ0n) is 13.6. The zero-order chi connectivity index (χ0) is 18.6. The molecule has 11 heteroatoms. The maximum atomic E-state index is 12.4. The molecule has 8 nitrogen and oxygen atoms in total. The second-order valence-corrected chi connectivity index (χ2v) is 5.33. The van der Waals surface area contributed by atoms with E-state index in [1.165, 1.54) is 0 Å². The highest BCUT2D eigenvalue weighted by atomic mass is 19.4. The predicted octanol–water partition coefficient (Wildman–Crippen LogP) is 2.12. The summed E-state index contributed by atoms with van der Waals surface area (Å²) in [7, 11) is 0. The second-order valence-electron chi connectivity index (χ2n) is 5.33. The number of hydrogen-bond donors (Lipinski definition) is 2. The van der Waals surface area contributed by atoms with Gasteiger partial charge in [0.15, 0.2) is 0 Å². The number of aromatic nitrogens is 5. The number of aromatic amines is 1. The van der Waals surface area contributed by atoms with E-state index in [1.54, 1.807) is 16.7 Å². The van der Waals surface area contributed by atoms with Crippen molar-refractivity contribution in [2.24, 2.45) is 0 Å². The number of carbonyl (C=O) groups is 1. The molecule has 1 amide bonds. The van der Waals surface area contributed by atoms with Gasteiger partial charge in [0.25, 0.3) is 0 Å². The molecule has 2 rings (SSSR count). The van der Waals surface area contributed by atoms with Gasteiger partial charge in [-0.05, 0) is 25.8 Å². The number of rotatable bonds is 6. The summed E-state index contributed by atoms with van der Waals surface area (Å²) in [6.45, 7) is 4.11. The number of H-pyrrole nitrogens is 1. The smallest absolute Gasteiger partial charge is 0.293 e. The van der Waals surface area contributed by atoms with E-state index >= 15 is 0 Å². The number of anilines is 1. The summed E-state index contributed by atoms with van der Waals surface area (Å²) in [6, 6.07) is 2.04. The van der Waals surface area contributed by atoms with Crippen molar-refractivity contribution in [1.29, 1.82) is 5.26 Å². The molecule has 0 saturated carbocycles. The lowest BCUT2D eigenvalue weighted by Gasteiger charge is -2.04. The standard InChI is InChI=1S/C14H16F3N7O/c1-8-10(9(2)24(23-8)7-3-6-18)4-5-11(25)19-13-20-12(21-22-13)14(15,16)17/h3-5,7H2,1-2H3,(H2,19,20,21,22,25). The summed E-state index contributed by atoms with van der Waals surface area (Å²) < 4.78 is 38.9. The van der Waals surface area contributed by atoms with Gasteiger partial charge in [0.1, 0.15) is 0 Å². The molecule has 0 unspecified atom stereocenters. The van der Waals surface area contributed by atoms with E-state index in [4.69, 9.17) is 5.26 Å². The summed E-state index contributed by atoms with van der Waals surface area (Å²) in [5, 5.41) is 20.2. The first kappa shape index (κ1) is 18.4. The molecule has 2 aromatic rings. The predicted molar refractivity (Wildman–Crippen MR) is 80.3 cm³/mol. The van der Waals surface area contributed by atoms with Crippen LogP contribution in [-0.2, 0) is 23.9 Å². The Bertz CT molecular complexity index is 800. The maximum absolute atomic E-state index is 12.4. The number of hydrogen-bond acceptors (Lipinski definition) is 5. The van der Waals surface area contributed by atoms with Crippen molar-refractivity contribution in [3.05, 3.63) is 22.8 Å². The highest BCUT2D eigenvalue weighted by Gasteiger charge is 2.35. The number of nitrogens with zero attached hydrogens (tertiary/aromatic N) is 5. The Morgan fingerprint density at radius 1 is 1.40 bits per heavy atom. The SMILES string of the molecule is Cc1nn(CCC#N)c(C)c1CCC(=O)Nc1n[nH]c(C(F)(F)F)n1. The van der Waals surface area contributed by atoms with Crippen LogP contribution in [0.5, 0.6) is 0 Å². The summed E-state index contributed by atoms with van der Waals surface area (Å²) in [4.78, 5) is 15.1. The molecule has 0 aliphatic heterocycles. The van der Waals surface area contributed by atoms with Gasteiger partial charge < -0.3 is 0 Å². The fourth-order valence-electron chi connectivity index (χ4n) is 2.34. The van der Waals surface area contributed by atoms with Gasteiger partial charge in [-0.25, -0.2) is 0 Å². The first-order valence-corrected chi connectivity index (χ1v) is 7.41. The van der Waals surface area contributed by atoms with Crippen molar-refractivity contribution in [2.45, 2.75) is 45.8 Å². The van der Waals surface area contributed by atoms with Crippen molar-refractivity contribution in [2.75, 3.05) is 5.32 Å². The molecule has 2 heterocycles. The number of halogens is 3. The van der Waals surface area contributed by atoms with Crippen LogP contribution in [0.1, 0.15) is 35.6 Å². The van der Waals surface area contributed by atoms with Crippen LogP contribution in [0.25, 0.3) is 0 Å². The Kier molecular flexibility index (Phi) is 5.41. The Balaban J connectivity index is 1.95. The van der Waals surface area contributed by atoms with Crippen LogP contribution in [0.4, 0.5) is 19.1 Å². The Morgan fingerprint density at radius 2 is 2.12 bits per heavy atom. The van der Waals surface area contributed by atoms with Gasteiger partial charge >= 0.3 is 6.18 Å². The van der Waals surface area contributed by atoms with E-state index in [9.17, 15) is 18.0 Å². The van der Waals surface area contributed by atoms with E-state index in [-0.39, 0.29) is 6.42 Å². The molecular formula is C14H16F3N7O. The van der Waals surface area contributed by atoms with Crippen LogP contribution in [0.3, 0.4) is 0 Å². The quantitative estimate of drug-likeness (QED) is 0.824. The highest BCUT2D eigenvalue weighted by Crippen LogP contribution is 2.26. The van der Waals surface area contributed by atoms with Crippen LogP contribution in [0, 0.1) is 25.2 Å². The fraction of sp³-hybridized carbons (Fsp3) is 0.500. The van der Waals surface area contributed by atoms with Gasteiger partial charge in [0, 0.05) is 12.1 Å². The molecule has 0 spiro atoms. The summed E-state index contributed by atoms with van der Waals surface area (Å²) in [5.41, 5.74) is 2.48. The van der Waals surface area contributed by atoms with Crippen molar-refractivity contribution in [3.8, 4) is 6.07 Å². The van der Waals surface area contributed by atoms with E-state index in [0.717, 1.165) is 17.0 Å².